The molecule has 2 N–H and O–H groups in total. The molecule has 0 unspecified atom stereocenters. The van der Waals surface area contributed by atoms with Crippen LogP contribution in [0.1, 0.15) is 25.7 Å². The zero-order valence-electron chi connectivity index (χ0n) is 8.64. The van der Waals surface area contributed by atoms with E-state index in [4.69, 9.17) is 10.5 Å². The van der Waals surface area contributed by atoms with Crippen LogP contribution >= 0.6 is 11.8 Å². The Hall–Kier alpha value is -1.04. The molecule has 0 amide bonds. The van der Waals surface area contributed by atoms with Gasteiger partial charge in [0.2, 0.25) is 5.95 Å². The van der Waals surface area contributed by atoms with E-state index < -0.39 is 0 Å². The van der Waals surface area contributed by atoms with Crippen molar-refractivity contribution in [1.82, 2.24) is 15.0 Å². The lowest BCUT2D eigenvalue weighted by Gasteiger charge is -2.07. The average Bonchev–Trinajstić information content (AvgIpc) is 2.69. The molecule has 1 aromatic rings. The van der Waals surface area contributed by atoms with Crippen LogP contribution < -0.4 is 10.5 Å². The van der Waals surface area contributed by atoms with Gasteiger partial charge in [-0.15, -0.1) is 0 Å². The lowest BCUT2D eigenvalue weighted by atomic mass is 10.4. The van der Waals surface area contributed by atoms with Crippen LogP contribution in [0, 0.1) is 0 Å². The number of hydrogen-bond acceptors (Lipinski definition) is 6. The monoisotopic (exact) mass is 226 g/mol. The van der Waals surface area contributed by atoms with Gasteiger partial charge in [-0.3, -0.25) is 0 Å². The molecule has 1 aromatic heterocycles. The van der Waals surface area contributed by atoms with E-state index in [9.17, 15) is 0 Å². The Morgan fingerprint density at radius 3 is 2.67 bits per heavy atom. The molecule has 2 rings (SSSR count). The van der Waals surface area contributed by atoms with Gasteiger partial charge in [0.25, 0.3) is 0 Å². The topological polar surface area (TPSA) is 73.9 Å². The summed E-state index contributed by atoms with van der Waals surface area (Å²) in [6, 6.07) is 0.294. The maximum absolute atomic E-state index is 5.55. The van der Waals surface area contributed by atoms with Crippen molar-refractivity contribution in [3.8, 4) is 6.01 Å². The normalized spacial score (nSPS) is 16.9. The van der Waals surface area contributed by atoms with Crippen LogP contribution in [-0.2, 0) is 0 Å². The van der Waals surface area contributed by atoms with Crippen LogP contribution in [0.5, 0.6) is 6.01 Å². The van der Waals surface area contributed by atoms with E-state index >= 15 is 0 Å². The van der Waals surface area contributed by atoms with E-state index in [0.29, 0.717) is 16.4 Å². The molecular formula is C9H14N4OS. The molecule has 1 heterocycles. The third-order valence-corrected chi connectivity index (χ3v) is 3.57. The summed E-state index contributed by atoms with van der Waals surface area (Å²) in [5.41, 5.74) is 5.55. The molecule has 0 spiro atoms. The van der Waals surface area contributed by atoms with Gasteiger partial charge in [0.15, 0.2) is 5.16 Å². The summed E-state index contributed by atoms with van der Waals surface area (Å²) in [5.74, 6) is 0.224. The van der Waals surface area contributed by atoms with Crippen molar-refractivity contribution in [2.24, 2.45) is 0 Å². The first-order valence-corrected chi connectivity index (χ1v) is 5.88. The number of nitrogen functional groups attached to an aromatic ring is 1. The Kier molecular flexibility index (Phi) is 3.25. The highest BCUT2D eigenvalue weighted by atomic mass is 32.2. The van der Waals surface area contributed by atoms with Crippen LogP contribution in [0.15, 0.2) is 5.16 Å². The summed E-state index contributed by atoms with van der Waals surface area (Å²) in [6.45, 7) is 0. The van der Waals surface area contributed by atoms with E-state index in [-0.39, 0.29) is 5.95 Å². The lowest BCUT2D eigenvalue weighted by Crippen LogP contribution is -2.04. The third-order valence-electron chi connectivity index (χ3n) is 2.37. The minimum atomic E-state index is 0.224. The lowest BCUT2D eigenvalue weighted by molar-refractivity contribution is 0.374. The molecule has 0 aliphatic heterocycles. The molecule has 1 saturated carbocycles. The fourth-order valence-corrected chi connectivity index (χ4v) is 2.80. The quantitative estimate of drug-likeness (QED) is 0.841. The third kappa shape index (κ3) is 2.71. The summed E-state index contributed by atoms with van der Waals surface area (Å²) < 4.78 is 4.94. The van der Waals surface area contributed by atoms with Gasteiger partial charge in [-0.25, -0.2) is 0 Å². The van der Waals surface area contributed by atoms with Crippen molar-refractivity contribution >= 4 is 17.7 Å². The van der Waals surface area contributed by atoms with Gasteiger partial charge >= 0.3 is 6.01 Å². The van der Waals surface area contributed by atoms with Crippen LogP contribution in [0.4, 0.5) is 5.95 Å². The number of anilines is 1. The van der Waals surface area contributed by atoms with Crippen molar-refractivity contribution in [2.75, 3.05) is 12.8 Å². The van der Waals surface area contributed by atoms with E-state index in [1.165, 1.54) is 32.8 Å². The van der Waals surface area contributed by atoms with E-state index in [0.717, 1.165) is 0 Å². The maximum Gasteiger partial charge on any atom is 0.321 e. The highest BCUT2D eigenvalue weighted by Gasteiger charge is 2.18. The molecule has 5 nitrogen and oxygen atoms in total. The van der Waals surface area contributed by atoms with Crippen LogP contribution in [-0.4, -0.2) is 27.3 Å². The molecule has 1 aliphatic rings. The molecular weight excluding hydrogens is 212 g/mol. The highest BCUT2D eigenvalue weighted by molar-refractivity contribution is 7.99. The van der Waals surface area contributed by atoms with Gasteiger partial charge < -0.3 is 10.5 Å². The van der Waals surface area contributed by atoms with E-state index in [1.807, 2.05) is 0 Å². The SMILES string of the molecule is COc1nc(N)nc(SC2CCCC2)n1. The first-order valence-electron chi connectivity index (χ1n) is 5.00. The molecule has 6 heteroatoms. The van der Waals surface area contributed by atoms with Crippen molar-refractivity contribution < 1.29 is 4.74 Å². The molecule has 1 fully saturated rings. The van der Waals surface area contributed by atoms with Crippen molar-refractivity contribution in [3.63, 3.8) is 0 Å². The second kappa shape index (κ2) is 4.65. The standard InChI is InChI=1S/C9H14N4OS/c1-14-8-11-7(10)12-9(13-8)15-6-4-2-3-5-6/h6H,2-5H2,1H3,(H2,10,11,12,13). The molecule has 0 radical (unpaired) electrons. The number of hydrogen-bond donors (Lipinski definition) is 1. The Balaban J connectivity index is 2.09. The Labute approximate surface area is 92.9 Å². The molecule has 0 bridgehead atoms. The zero-order valence-corrected chi connectivity index (χ0v) is 9.46. The molecule has 0 aromatic carbocycles. The number of thioether (sulfide) groups is 1. The predicted octanol–water partition coefficient (Wildman–Crippen LogP) is 1.50. The molecule has 0 saturated heterocycles. The summed E-state index contributed by atoms with van der Waals surface area (Å²) in [5, 5.41) is 1.29. The second-order valence-electron chi connectivity index (χ2n) is 3.49. The number of nitrogens with zero attached hydrogens (tertiary/aromatic N) is 3. The fraction of sp³-hybridized carbons (Fsp3) is 0.667. The molecule has 0 atom stereocenters. The largest absolute Gasteiger partial charge is 0.467 e. The number of aromatic nitrogens is 3. The van der Waals surface area contributed by atoms with Crippen LogP contribution in [0.3, 0.4) is 0 Å². The van der Waals surface area contributed by atoms with Crippen LogP contribution in [0.25, 0.3) is 0 Å². The Morgan fingerprint density at radius 1 is 1.27 bits per heavy atom. The van der Waals surface area contributed by atoms with Gasteiger partial charge in [-0.2, -0.15) is 15.0 Å². The minimum Gasteiger partial charge on any atom is -0.467 e. The first kappa shape index (κ1) is 10.5. The molecule has 1 aliphatic carbocycles. The second-order valence-corrected chi connectivity index (χ2v) is 4.75. The Bertz CT molecular complexity index is 341. The molecule has 15 heavy (non-hydrogen) atoms. The number of ether oxygens (including phenoxy) is 1. The average molecular weight is 226 g/mol. The number of methoxy groups -OCH3 is 1. The van der Waals surface area contributed by atoms with Gasteiger partial charge in [-0.1, -0.05) is 24.6 Å². The van der Waals surface area contributed by atoms with Gasteiger partial charge in [0, 0.05) is 5.25 Å². The summed E-state index contributed by atoms with van der Waals surface area (Å²) in [7, 11) is 1.53. The minimum absolute atomic E-state index is 0.224. The van der Waals surface area contributed by atoms with Gasteiger partial charge in [0.1, 0.15) is 0 Å². The number of nitrogens with two attached hydrogens (primary N) is 1. The van der Waals surface area contributed by atoms with E-state index in [2.05, 4.69) is 15.0 Å². The zero-order chi connectivity index (χ0) is 10.7. The number of rotatable bonds is 3. The Morgan fingerprint density at radius 2 is 2.00 bits per heavy atom. The predicted molar refractivity (Wildman–Crippen MR) is 58.9 cm³/mol. The van der Waals surface area contributed by atoms with Crippen molar-refractivity contribution in [3.05, 3.63) is 0 Å². The fourth-order valence-electron chi connectivity index (χ4n) is 1.65. The maximum atomic E-state index is 5.55. The highest BCUT2D eigenvalue weighted by Crippen LogP contribution is 2.33. The molecule has 82 valence electrons. The van der Waals surface area contributed by atoms with Crippen LogP contribution in [0.2, 0.25) is 0 Å². The van der Waals surface area contributed by atoms with Crippen molar-refractivity contribution in [1.29, 1.82) is 0 Å². The van der Waals surface area contributed by atoms with Gasteiger partial charge in [0.05, 0.1) is 7.11 Å². The van der Waals surface area contributed by atoms with Gasteiger partial charge in [-0.05, 0) is 12.8 Å². The first-order chi connectivity index (χ1) is 7.28. The summed E-state index contributed by atoms with van der Waals surface area (Å²) >= 11 is 1.67. The summed E-state index contributed by atoms with van der Waals surface area (Å²) in [6.07, 6.45) is 5.07. The van der Waals surface area contributed by atoms with E-state index in [1.54, 1.807) is 11.8 Å². The van der Waals surface area contributed by atoms with Crippen molar-refractivity contribution in [2.45, 2.75) is 36.1 Å². The summed E-state index contributed by atoms with van der Waals surface area (Å²) in [4.78, 5) is 12.1. The smallest absolute Gasteiger partial charge is 0.321 e.